The Labute approximate surface area is 157 Å². The third-order valence-corrected chi connectivity index (χ3v) is 5.74. The average molecular weight is 363 g/mol. The number of carbonyl (C=O) groups excluding carboxylic acids is 1. The number of hydrogen-bond acceptors (Lipinski definition) is 4. The van der Waals surface area contributed by atoms with Crippen molar-refractivity contribution in [1.29, 1.82) is 0 Å². The number of hydrogen-bond donors (Lipinski definition) is 1. The Bertz CT molecular complexity index is 908. The van der Waals surface area contributed by atoms with E-state index in [4.69, 9.17) is 0 Å². The Balaban J connectivity index is 1.55. The number of benzene rings is 2. The smallest absolute Gasteiger partial charge is 0.230 e. The van der Waals surface area contributed by atoms with Crippen molar-refractivity contribution in [1.82, 2.24) is 15.5 Å². The maximum Gasteiger partial charge on any atom is 0.230 e. The normalized spacial score (nSPS) is 14.6. The van der Waals surface area contributed by atoms with Gasteiger partial charge in [0.2, 0.25) is 5.91 Å². The molecule has 0 bridgehead atoms. The Kier molecular flexibility index (Phi) is 5.16. The third-order valence-electron chi connectivity index (χ3n) is 4.76. The van der Waals surface area contributed by atoms with Crippen LogP contribution < -0.4 is 5.32 Å². The fourth-order valence-corrected chi connectivity index (χ4v) is 4.25. The molecule has 1 saturated carbocycles. The number of fused-ring (bicyclic) bond motifs is 1. The van der Waals surface area contributed by atoms with Crippen molar-refractivity contribution in [2.75, 3.05) is 5.75 Å². The topological polar surface area (TPSA) is 54.9 Å². The van der Waals surface area contributed by atoms with Gasteiger partial charge in [-0.2, -0.15) is 0 Å². The Morgan fingerprint density at radius 3 is 2.42 bits per heavy atom. The summed E-state index contributed by atoms with van der Waals surface area (Å²) in [5, 5.41) is 14.9. The van der Waals surface area contributed by atoms with E-state index in [1.54, 1.807) is 0 Å². The zero-order chi connectivity index (χ0) is 17.8. The highest BCUT2D eigenvalue weighted by Crippen LogP contribution is 2.31. The predicted octanol–water partition coefficient (Wildman–Crippen LogP) is 4.45. The van der Waals surface area contributed by atoms with E-state index in [2.05, 4.69) is 21.6 Å². The highest BCUT2D eigenvalue weighted by molar-refractivity contribution is 8.00. The minimum absolute atomic E-state index is 0.0833. The van der Waals surface area contributed by atoms with Gasteiger partial charge < -0.3 is 5.32 Å². The molecule has 0 radical (unpaired) electrons. The van der Waals surface area contributed by atoms with Crippen LogP contribution in [-0.2, 0) is 4.79 Å². The van der Waals surface area contributed by atoms with E-state index >= 15 is 0 Å². The van der Waals surface area contributed by atoms with Gasteiger partial charge >= 0.3 is 0 Å². The molecule has 0 atom stereocenters. The first-order chi connectivity index (χ1) is 12.8. The second-order valence-electron chi connectivity index (χ2n) is 6.60. The SMILES string of the molecule is O=C(CSc1nnc(-c2ccccc2)c2ccccc12)NC1CCCC1. The monoisotopic (exact) mass is 363 g/mol. The van der Waals surface area contributed by atoms with E-state index in [0.717, 1.165) is 39.9 Å². The fraction of sp³-hybridized carbons (Fsp3) is 0.286. The van der Waals surface area contributed by atoms with Gasteiger partial charge in [0.25, 0.3) is 0 Å². The van der Waals surface area contributed by atoms with E-state index in [1.165, 1.54) is 24.6 Å². The molecule has 26 heavy (non-hydrogen) atoms. The molecule has 2 aromatic carbocycles. The van der Waals surface area contributed by atoms with Crippen LogP contribution in [0.3, 0.4) is 0 Å². The second-order valence-corrected chi connectivity index (χ2v) is 7.57. The van der Waals surface area contributed by atoms with Crippen molar-refractivity contribution in [3.05, 3.63) is 54.6 Å². The summed E-state index contributed by atoms with van der Waals surface area (Å²) in [6.07, 6.45) is 4.64. The molecule has 1 heterocycles. The molecule has 0 aliphatic heterocycles. The molecule has 132 valence electrons. The zero-order valence-corrected chi connectivity index (χ0v) is 15.3. The van der Waals surface area contributed by atoms with E-state index in [-0.39, 0.29) is 5.91 Å². The van der Waals surface area contributed by atoms with E-state index in [9.17, 15) is 4.79 Å². The highest BCUT2D eigenvalue weighted by atomic mass is 32.2. The van der Waals surface area contributed by atoms with Crippen LogP contribution in [0.25, 0.3) is 22.0 Å². The molecule has 1 amide bonds. The van der Waals surface area contributed by atoms with Crippen LogP contribution in [0.15, 0.2) is 59.6 Å². The quantitative estimate of drug-likeness (QED) is 0.681. The van der Waals surface area contributed by atoms with Gasteiger partial charge in [-0.25, -0.2) is 0 Å². The molecule has 1 N–H and O–H groups in total. The largest absolute Gasteiger partial charge is 0.353 e. The number of aromatic nitrogens is 2. The number of thioether (sulfide) groups is 1. The summed E-state index contributed by atoms with van der Waals surface area (Å²) in [5.74, 6) is 0.458. The maximum atomic E-state index is 12.2. The molecule has 1 aromatic heterocycles. The van der Waals surface area contributed by atoms with E-state index in [0.29, 0.717) is 11.8 Å². The van der Waals surface area contributed by atoms with Gasteiger partial charge in [0.05, 0.1) is 5.75 Å². The Morgan fingerprint density at radius 2 is 1.65 bits per heavy atom. The summed E-state index contributed by atoms with van der Waals surface area (Å²) in [6.45, 7) is 0. The van der Waals surface area contributed by atoms with Crippen molar-refractivity contribution >= 4 is 28.4 Å². The third kappa shape index (κ3) is 3.73. The van der Waals surface area contributed by atoms with Crippen LogP contribution in [0.2, 0.25) is 0 Å². The molecule has 1 fully saturated rings. The minimum Gasteiger partial charge on any atom is -0.353 e. The summed E-state index contributed by atoms with van der Waals surface area (Å²) < 4.78 is 0. The van der Waals surface area contributed by atoms with Crippen LogP contribution in [-0.4, -0.2) is 27.9 Å². The molecule has 1 aliphatic carbocycles. The Hall–Kier alpha value is -2.40. The fourth-order valence-electron chi connectivity index (χ4n) is 3.47. The van der Waals surface area contributed by atoms with Crippen LogP contribution in [0.4, 0.5) is 0 Å². The lowest BCUT2D eigenvalue weighted by Gasteiger charge is -2.12. The lowest BCUT2D eigenvalue weighted by Crippen LogP contribution is -2.33. The molecular formula is C21H21N3OS. The molecule has 0 unspecified atom stereocenters. The summed E-state index contributed by atoms with van der Waals surface area (Å²) in [7, 11) is 0. The molecule has 5 heteroatoms. The number of rotatable bonds is 5. The first-order valence-electron chi connectivity index (χ1n) is 9.04. The first kappa shape index (κ1) is 17.0. The lowest BCUT2D eigenvalue weighted by molar-refractivity contribution is -0.119. The van der Waals surface area contributed by atoms with E-state index < -0.39 is 0 Å². The minimum atomic E-state index is 0.0833. The predicted molar refractivity (Wildman–Crippen MR) is 106 cm³/mol. The van der Waals surface area contributed by atoms with E-state index in [1.807, 2.05) is 48.5 Å². The summed E-state index contributed by atoms with van der Waals surface area (Å²) in [5.41, 5.74) is 1.92. The van der Waals surface area contributed by atoms with Gasteiger partial charge in [0.1, 0.15) is 10.7 Å². The van der Waals surface area contributed by atoms with Gasteiger partial charge in [-0.05, 0) is 12.8 Å². The number of amides is 1. The molecule has 4 rings (SSSR count). The van der Waals surface area contributed by atoms with Crippen molar-refractivity contribution in [2.24, 2.45) is 0 Å². The summed E-state index contributed by atoms with van der Waals surface area (Å²) in [6, 6.07) is 18.6. The first-order valence-corrected chi connectivity index (χ1v) is 10.0. The van der Waals surface area contributed by atoms with Gasteiger partial charge in [-0.1, -0.05) is 79.2 Å². The standard InChI is InChI=1S/C21H21N3OS/c25-19(22-16-10-4-5-11-16)14-26-21-18-13-7-6-12-17(18)20(23-24-21)15-8-2-1-3-9-15/h1-3,6-9,12-13,16H,4-5,10-11,14H2,(H,22,25). The zero-order valence-electron chi connectivity index (χ0n) is 14.5. The van der Waals surface area contributed by atoms with Crippen molar-refractivity contribution in [2.45, 2.75) is 36.8 Å². The van der Waals surface area contributed by atoms with Gasteiger partial charge in [-0.15, -0.1) is 10.2 Å². The molecule has 4 nitrogen and oxygen atoms in total. The van der Waals surface area contributed by atoms with Crippen LogP contribution in [0.1, 0.15) is 25.7 Å². The van der Waals surface area contributed by atoms with Crippen LogP contribution in [0, 0.1) is 0 Å². The van der Waals surface area contributed by atoms with Crippen LogP contribution in [0.5, 0.6) is 0 Å². The highest BCUT2D eigenvalue weighted by Gasteiger charge is 2.18. The number of nitrogens with zero attached hydrogens (tertiary/aromatic N) is 2. The lowest BCUT2D eigenvalue weighted by atomic mass is 10.1. The van der Waals surface area contributed by atoms with Crippen molar-refractivity contribution in [3.63, 3.8) is 0 Å². The average Bonchev–Trinajstić information content (AvgIpc) is 3.19. The summed E-state index contributed by atoms with van der Waals surface area (Å²) >= 11 is 1.46. The molecule has 0 saturated heterocycles. The number of nitrogens with one attached hydrogen (secondary N) is 1. The number of carbonyl (C=O) groups is 1. The van der Waals surface area contributed by atoms with Crippen LogP contribution >= 0.6 is 11.8 Å². The Morgan fingerprint density at radius 1 is 0.962 bits per heavy atom. The van der Waals surface area contributed by atoms with Gasteiger partial charge in [-0.3, -0.25) is 4.79 Å². The van der Waals surface area contributed by atoms with Crippen molar-refractivity contribution < 1.29 is 4.79 Å². The van der Waals surface area contributed by atoms with Gasteiger partial charge in [0, 0.05) is 22.4 Å². The maximum absolute atomic E-state index is 12.2. The second kappa shape index (κ2) is 7.87. The molecular weight excluding hydrogens is 342 g/mol. The van der Waals surface area contributed by atoms with Gasteiger partial charge in [0.15, 0.2) is 0 Å². The molecule has 3 aromatic rings. The molecule has 0 spiro atoms. The van der Waals surface area contributed by atoms with Crippen molar-refractivity contribution in [3.8, 4) is 11.3 Å². The summed E-state index contributed by atoms with van der Waals surface area (Å²) in [4.78, 5) is 12.2. The molecule has 1 aliphatic rings.